The number of carbonyl (C=O) groups excluding carboxylic acids is 1. The molecule has 154 valence electrons. The Labute approximate surface area is 184 Å². The fourth-order valence-corrected chi connectivity index (χ4v) is 4.02. The number of hydrogen-bond donors (Lipinski definition) is 0. The second-order valence-electron chi connectivity index (χ2n) is 7.45. The molecule has 0 N–H and O–H groups in total. The summed E-state index contributed by atoms with van der Waals surface area (Å²) in [4.78, 5) is 27.3. The van der Waals surface area contributed by atoms with Crippen LogP contribution in [0.15, 0.2) is 114 Å². The van der Waals surface area contributed by atoms with E-state index in [0.29, 0.717) is 22.3 Å². The Balaban J connectivity index is 2.00. The molecule has 4 heteroatoms. The lowest BCUT2D eigenvalue weighted by Crippen LogP contribution is -2.22. The molecular weight excluding hydrogens is 401 g/mol. The maximum absolute atomic E-state index is 14.3. The molecule has 5 aromatic rings. The van der Waals surface area contributed by atoms with Crippen LogP contribution < -0.4 is 5.43 Å². The van der Waals surface area contributed by atoms with Crippen LogP contribution in [0.25, 0.3) is 27.8 Å². The first kappa shape index (κ1) is 19.6. The van der Waals surface area contributed by atoms with E-state index in [0.717, 1.165) is 5.69 Å². The quantitative estimate of drug-likeness (QED) is 0.334. The van der Waals surface area contributed by atoms with E-state index >= 15 is 0 Å². The van der Waals surface area contributed by atoms with E-state index in [2.05, 4.69) is 0 Å². The fourth-order valence-electron chi connectivity index (χ4n) is 4.02. The van der Waals surface area contributed by atoms with Crippen molar-refractivity contribution in [3.63, 3.8) is 0 Å². The maximum atomic E-state index is 14.3. The molecule has 1 aromatic heterocycles. The van der Waals surface area contributed by atoms with Crippen molar-refractivity contribution in [2.45, 2.75) is 0 Å². The van der Waals surface area contributed by atoms with Gasteiger partial charge in [-0.1, -0.05) is 78.9 Å². The predicted molar refractivity (Wildman–Crippen MR) is 125 cm³/mol. The summed E-state index contributed by atoms with van der Waals surface area (Å²) in [5, 5.41) is 0.286. The number of ketones is 1. The number of benzene rings is 4. The van der Waals surface area contributed by atoms with Crippen molar-refractivity contribution in [2.24, 2.45) is 0 Å². The van der Waals surface area contributed by atoms with Gasteiger partial charge in [0.15, 0.2) is 5.78 Å². The lowest BCUT2D eigenvalue weighted by molar-refractivity contribution is 0.103. The van der Waals surface area contributed by atoms with Crippen molar-refractivity contribution < 1.29 is 9.18 Å². The van der Waals surface area contributed by atoms with Gasteiger partial charge >= 0.3 is 0 Å². The van der Waals surface area contributed by atoms with Crippen molar-refractivity contribution in [2.75, 3.05) is 0 Å². The first-order valence-electron chi connectivity index (χ1n) is 10.2. The molecule has 3 nitrogen and oxygen atoms in total. The lowest BCUT2D eigenvalue weighted by Gasteiger charge is -2.21. The molecule has 0 aliphatic rings. The van der Waals surface area contributed by atoms with E-state index in [1.54, 1.807) is 28.8 Å². The molecule has 0 spiro atoms. The van der Waals surface area contributed by atoms with Gasteiger partial charge in [-0.15, -0.1) is 0 Å². The normalized spacial score (nSPS) is 10.9. The average molecular weight is 419 g/mol. The SMILES string of the molecule is O=C(c1ccccc1)c1c(-c2ccccc2)n(-c2ccccc2)c2cc(F)ccc2c1=O. The third kappa shape index (κ3) is 3.32. The van der Waals surface area contributed by atoms with Crippen molar-refractivity contribution in [3.05, 3.63) is 136 Å². The van der Waals surface area contributed by atoms with Gasteiger partial charge in [0, 0.05) is 16.6 Å². The highest BCUT2D eigenvalue weighted by Crippen LogP contribution is 2.31. The van der Waals surface area contributed by atoms with Crippen LogP contribution in [-0.4, -0.2) is 10.4 Å². The summed E-state index contributed by atoms with van der Waals surface area (Å²) < 4.78 is 16.1. The first-order valence-corrected chi connectivity index (χ1v) is 10.2. The second kappa shape index (κ2) is 8.08. The molecule has 0 bridgehead atoms. The number of halogens is 1. The van der Waals surface area contributed by atoms with E-state index in [1.165, 1.54) is 18.2 Å². The number of rotatable bonds is 4. The average Bonchev–Trinajstić information content (AvgIpc) is 2.85. The maximum Gasteiger partial charge on any atom is 0.201 e. The van der Waals surface area contributed by atoms with Gasteiger partial charge in [-0.25, -0.2) is 4.39 Å². The Kier molecular flexibility index (Phi) is 4.96. The Hall–Kier alpha value is -4.31. The van der Waals surface area contributed by atoms with E-state index in [4.69, 9.17) is 0 Å². The third-order valence-corrected chi connectivity index (χ3v) is 5.46. The van der Waals surface area contributed by atoms with Gasteiger partial charge < -0.3 is 4.57 Å². The molecule has 1 heterocycles. The van der Waals surface area contributed by atoms with Crippen molar-refractivity contribution in [1.29, 1.82) is 0 Å². The smallest absolute Gasteiger partial charge is 0.201 e. The van der Waals surface area contributed by atoms with Gasteiger partial charge in [-0.05, 0) is 35.9 Å². The molecular formula is C28H18FNO2. The van der Waals surface area contributed by atoms with Gasteiger partial charge in [-0.2, -0.15) is 0 Å². The first-order chi connectivity index (χ1) is 15.6. The highest BCUT2D eigenvalue weighted by molar-refractivity contribution is 6.14. The van der Waals surface area contributed by atoms with Crippen LogP contribution in [0.2, 0.25) is 0 Å². The molecule has 5 rings (SSSR count). The zero-order chi connectivity index (χ0) is 22.1. The third-order valence-electron chi connectivity index (χ3n) is 5.46. The number of aromatic nitrogens is 1. The van der Waals surface area contributed by atoms with Crippen molar-refractivity contribution in [3.8, 4) is 16.9 Å². The van der Waals surface area contributed by atoms with Crippen molar-refractivity contribution >= 4 is 16.7 Å². The predicted octanol–water partition coefficient (Wildman–Crippen LogP) is 6.03. The second-order valence-corrected chi connectivity index (χ2v) is 7.45. The van der Waals surface area contributed by atoms with E-state index in [1.807, 2.05) is 66.7 Å². The van der Waals surface area contributed by atoms with Crippen LogP contribution in [0.5, 0.6) is 0 Å². The molecule has 0 fully saturated rings. The minimum Gasteiger partial charge on any atom is -0.308 e. The minimum atomic E-state index is -0.456. The Morgan fingerprint density at radius 2 is 1.31 bits per heavy atom. The molecule has 0 atom stereocenters. The zero-order valence-corrected chi connectivity index (χ0v) is 17.0. The molecule has 0 radical (unpaired) electrons. The monoisotopic (exact) mass is 419 g/mol. The van der Waals surface area contributed by atoms with Gasteiger partial charge in [0.05, 0.1) is 16.8 Å². The van der Waals surface area contributed by atoms with E-state index in [9.17, 15) is 14.0 Å². The van der Waals surface area contributed by atoms with Crippen LogP contribution in [0.1, 0.15) is 15.9 Å². The highest BCUT2D eigenvalue weighted by Gasteiger charge is 2.25. The topological polar surface area (TPSA) is 39.1 Å². The van der Waals surface area contributed by atoms with Crippen LogP contribution in [0, 0.1) is 5.82 Å². The molecule has 0 aliphatic heterocycles. The Morgan fingerprint density at radius 1 is 0.719 bits per heavy atom. The van der Waals surface area contributed by atoms with Crippen LogP contribution >= 0.6 is 0 Å². The number of carbonyl (C=O) groups is 1. The molecule has 0 unspecified atom stereocenters. The van der Waals surface area contributed by atoms with E-state index in [-0.39, 0.29) is 16.7 Å². The lowest BCUT2D eigenvalue weighted by atomic mass is 9.94. The van der Waals surface area contributed by atoms with Gasteiger partial charge in [0.1, 0.15) is 5.82 Å². The molecule has 0 saturated heterocycles. The molecule has 0 amide bonds. The zero-order valence-electron chi connectivity index (χ0n) is 17.0. The molecule has 32 heavy (non-hydrogen) atoms. The summed E-state index contributed by atoms with van der Waals surface area (Å²) in [5.41, 5.74) is 2.33. The number of nitrogens with zero attached hydrogens (tertiary/aromatic N) is 1. The van der Waals surface area contributed by atoms with E-state index < -0.39 is 11.2 Å². The number of hydrogen-bond acceptors (Lipinski definition) is 2. The van der Waals surface area contributed by atoms with Crippen LogP contribution in [0.3, 0.4) is 0 Å². The van der Waals surface area contributed by atoms with Gasteiger partial charge in [0.25, 0.3) is 0 Å². The summed E-state index contributed by atoms with van der Waals surface area (Å²) in [6, 6.07) is 31.4. The number of fused-ring (bicyclic) bond motifs is 1. The molecule has 0 saturated carbocycles. The van der Waals surface area contributed by atoms with Crippen molar-refractivity contribution in [1.82, 2.24) is 4.57 Å². The Bertz CT molecular complexity index is 1490. The largest absolute Gasteiger partial charge is 0.308 e. The number of para-hydroxylation sites is 1. The highest BCUT2D eigenvalue weighted by atomic mass is 19.1. The summed E-state index contributed by atoms with van der Waals surface area (Å²) in [6.07, 6.45) is 0. The summed E-state index contributed by atoms with van der Waals surface area (Å²) in [7, 11) is 0. The number of pyridine rings is 1. The summed E-state index contributed by atoms with van der Waals surface area (Å²) in [6.45, 7) is 0. The summed E-state index contributed by atoms with van der Waals surface area (Å²) >= 11 is 0. The Morgan fingerprint density at radius 3 is 1.97 bits per heavy atom. The fraction of sp³-hybridized carbons (Fsp3) is 0. The van der Waals surface area contributed by atoms with Gasteiger partial charge in [-0.3, -0.25) is 9.59 Å². The molecule has 4 aromatic carbocycles. The van der Waals surface area contributed by atoms with Gasteiger partial charge in [0.2, 0.25) is 5.43 Å². The van der Waals surface area contributed by atoms with Crippen LogP contribution in [0.4, 0.5) is 4.39 Å². The molecule has 0 aliphatic carbocycles. The standard InChI is InChI=1S/C28H18FNO2/c29-21-16-17-23-24(18-21)30(22-14-8-3-9-15-22)26(19-10-4-1-5-11-19)25(28(23)32)27(31)20-12-6-2-7-13-20/h1-18H. The minimum absolute atomic E-state index is 0.0605. The summed E-state index contributed by atoms with van der Waals surface area (Å²) in [5.74, 6) is -0.826. The van der Waals surface area contributed by atoms with Crippen LogP contribution in [-0.2, 0) is 0 Å².